The highest BCUT2D eigenvalue weighted by atomic mass is 19.1. The summed E-state index contributed by atoms with van der Waals surface area (Å²) in [4.78, 5) is 26.4. The van der Waals surface area contributed by atoms with Crippen LogP contribution in [0.15, 0.2) is 34.3 Å². The molecule has 170 valence electrons. The minimum atomic E-state index is -0.710. The summed E-state index contributed by atoms with van der Waals surface area (Å²) >= 11 is 0. The second kappa shape index (κ2) is 8.19. The first-order valence-electron chi connectivity index (χ1n) is 10.2. The van der Waals surface area contributed by atoms with E-state index in [1.165, 1.54) is 22.2 Å². The molecule has 0 N–H and O–H groups in total. The molecule has 5 heterocycles. The van der Waals surface area contributed by atoms with Gasteiger partial charge in [0.1, 0.15) is 17.7 Å². The fourth-order valence-electron chi connectivity index (χ4n) is 3.81. The van der Waals surface area contributed by atoms with Crippen LogP contribution in [0, 0.1) is 25.5 Å². The van der Waals surface area contributed by atoms with E-state index in [2.05, 4.69) is 25.2 Å². The van der Waals surface area contributed by atoms with Crippen molar-refractivity contribution in [2.45, 2.75) is 32.4 Å². The summed E-state index contributed by atoms with van der Waals surface area (Å²) in [6, 6.07) is 0.554. The first kappa shape index (κ1) is 20.9. The molecule has 0 radical (unpaired) electrons. The standard InChI is InChI=1S/C21H19F2N7O3/c1-11-18(12(2)33-28-11)19-25-8-16(23)20(27-19)32-15-9-29(10-15)21(31)30-17(3-4-26-30)13-5-14(22)7-24-6-13/h4-8,15,17H,3,9-10H2,1-2H3/t17-/m0/s1. The molecule has 2 aliphatic heterocycles. The molecule has 2 aliphatic rings. The van der Waals surface area contributed by atoms with Gasteiger partial charge >= 0.3 is 6.03 Å². The second-order valence-electron chi connectivity index (χ2n) is 7.80. The number of ether oxygens (including phenoxy) is 1. The van der Waals surface area contributed by atoms with Crippen molar-refractivity contribution in [3.8, 4) is 17.3 Å². The lowest BCUT2D eigenvalue weighted by Crippen LogP contribution is -2.59. The zero-order valence-corrected chi connectivity index (χ0v) is 17.8. The minimum Gasteiger partial charge on any atom is -0.468 e. The predicted molar refractivity (Wildman–Crippen MR) is 110 cm³/mol. The van der Waals surface area contributed by atoms with E-state index in [9.17, 15) is 13.6 Å². The van der Waals surface area contributed by atoms with Gasteiger partial charge in [-0.3, -0.25) is 4.98 Å². The lowest BCUT2D eigenvalue weighted by Gasteiger charge is -2.40. The summed E-state index contributed by atoms with van der Waals surface area (Å²) in [6.45, 7) is 3.90. The van der Waals surface area contributed by atoms with Crippen molar-refractivity contribution >= 4 is 12.2 Å². The SMILES string of the molecule is Cc1noc(C)c1-c1ncc(F)c(OC2CN(C(=O)N3N=CC[C@H]3c3cncc(F)c3)C2)n1. The van der Waals surface area contributed by atoms with Crippen LogP contribution in [-0.2, 0) is 0 Å². The van der Waals surface area contributed by atoms with Crippen molar-refractivity contribution in [2.75, 3.05) is 13.1 Å². The van der Waals surface area contributed by atoms with Gasteiger partial charge in [-0.15, -0.1) is 0 Å². The fraction of sp³-hybridized carbons (Fsp3) is 0.333. The summed E-state index contributed by atoms with van der Waals surface area (Å²) in [5.74, 6) is -0.641. The van der Waals surface area contributed by atoms with Crippen LogP contribution in [0.2, 0.25) is 0 Å². The summed E-state index contributed by atoms with van der Waals surface area (Å²) in [5, 5.41) is 9.29. The topological polar surface area (TPSA) is 110 Å². The first-order chi connectivity index (χ1) is 15.9. The van der Waals surface area contributed by atoms with Gasteiger partial charge in [0.15, 0.2) is 5.82 Å². The van der Waals surface area contributed by atoms with E-state index in [-0.39, 0.29) is 30.8 Å². The summed E-state index contributed by atoms with van der Waals surface area (Å²) in [5.41, 5.74) is 1.72. The van der Waals surface area contributed by atoms with Gasteiger partial charge < -0.3 is 14.2 Å². The average molecular weight is 455 g/mol. The number of rotatable bonds is 4. The normalized spacial score (nSPS) is 18.0. The number of amides is 2. The van der Waals surface area contributed by atoms with E-state index in [1.807, 2.05) is 0 Å². The van der Waals surface area contributed by atoms with E-state index in [0.29, 0.717) is 29.0 Å². The number of halogens is 2. The molecule has 5 rings (SSSR count). The Morgan fingerprint density at radius 2 is 2.03 bits per heavy atom. The molecule has 33 heavy (non-hydrogen) atoms. The van der Waals surface area contributed by atoms with Gasteiger partial charge in [-0.1, -0.05) is 5.16 Å². The van der Waals surface area contributed by atoms with Crippen LogP contribution in [0.1, 0.15) is 29.5 Å². The molecule has 12 heteroatoms. The number of likely N-dealkylation sites (tertiary alicyclic amines) is 1. The van der Waals surface area contributed by atoms with E-state index in [0.717, 1.165) is 12.4 Å². The Morgan fingerprint density at radius 3 is 2.76 bits per heavy atom. The number of aryl methyl sites for hydroxylation is 2. The Labute approximate surface area is 186 Å². The molecule has 1 fully saturated rings. The van der Waals surface area contributed by atoms with Crippen LogP contribution in [0.3, 0.4) is 0 Å². The number of hydrogen-bond acceptors (Lipinski definition) is 8. The Balaban J connectivity index is 1.24. The van der Waals surface area contributed by atoms with Gasteiger partial charge in [-0.05, 0) is 25.5 Å². The first-order valence-corrected chi connectivity index (χ1v) is 10.2. The minimum absolute atomic E-state index is 0.208. The Hall–Kier alpha value is -3.96. The second-order valence-corrected chi connectivity index (χ2v) is 7.80. The maximum atomic E-state index is 14.3. The molecule has 2 amide bonds. The number of carbonyl (C=O) groups excluding carboxylic acids is 1. The van der Waals surface area contributed by atoms with Crippen molar-refractivity contribution in [2.24, 2.45) is 5.10 Å². The van der Waals surface area contributed by atoms with Gasteiger partial charge in [0, 0.05) is 18.8 Å². The lowest BCUT2D eigenvalue weighted by atomic mass is 10.1. The van der Waals surface area contributed by atoms with Crippen LogP contribution in [0.25, 0.3) is 11.4 Å². The molecule has 0 spiro atoms. The molecule has 0 aliphatic carbocycles. The van der Waals surface area contributed by atoms with E-state index in [4.69, 9.17) is 9.26 Å². The molecule has 1 atom stereocenters. The van der Waals surface area contributed by atoms with Gasteiger partial charge in [0.25, 0.3) is 5.88 Å². The third kappa shape index (κ3) is 3.88. The average Bonchev–Trinajstić information content (AvgIpc) is 3.38. The van der Waals surface area contributed by atoms with Crippen molar-refractivity contribution in [1.82, 2.24) is 30.0 Å². The molecule has 0 unspecified atom stereocenters. The fourth-order valence-corrected chi connectivity index (χ4v) is 3.81. The number of aromatic nitrogens is 4. The van der Waals surface area contributed by atoms with E-state index < -0.39 is 23.8 Å². The van der Waals surface area contributed by atoms with Gasteiger partial charge in [-0.25, -0.2) is 19.2 Å². The Kier molecular flexibility index (Phi) is 5.19. The lowest BCUT2D eigenvalue weighted by molar-refractivity contribution is 0.0230. The largest absolute Gasteiger partial charge is 0.468 e. The van der Waals surface area contributed by atoms with Crippen LogP contribution in [0.5, 0.6) is 5.88 Å². The quantitative estimate of drug-likeness (QED) is 0.595. The van der Waals surface area contributed by atoms with Crippen molar-refractivity contribution in [3.05, 3.63) is 53.3 Å². The van der Waals surface area contributed by atoms with Crippen molar-refractivity contribution in [1.29, 1.82) is 0 Å². The zero-order valence-electron chi connectivity index (χ0n) is 17.8. The molecule has 1 saturated heterocycles. The third-order valence-electron chi connectivity index (χ3n) is 5.50. The molecule has 0 bridgehead atoms. The number of urea groups is 1. The number of hydrazone groups is 1. The molecule has 10 nitrogen and oxygen atoms in total. The van der Waals surface area contributed by atoms with Gasteiger partial charge in [0.2, 0.25) is 5.82 Å². The summed E-state index contributed by atoms with van der Waals surface area (Å²) < 4.78 is 38.6. The molecular weight excluding hydrogens is 436 g/mol. The number of pyridine rings is 1. The maximum absolute atomic E-state index is 14.3. The van der Waals surface area contributed by atoms with E-state index >= 15 is 0 Å². The number of carbonyl (C=O) groups is 1. The van der Waals surface area contributed by atoms with E-state index in [1.54, 1.807) is 20.1 Å². The van der Waals surface area contributed by atoms with Crippen molar-refractivity contribution < 1.29 is 22.8 Å². The van der Waals surface area contributed by atoms with Crippen molar-refractivity contribution in [3.63, 3.8) is 0 Å². The highest BCUT2D eigenvalue weighted by Gasteiger charge is 2.39. The van der Waals surface area contributed by atoms with Crippen LogP contribution in [0.4, 0.5) is 13.6 Å². The third-order valence-corrected chi connectivity index (χ3v) is 5.50. The molecular formula is C21H19F2N7O3. The monoisotopic (exact) mass is 455 g/mol. The Bertz CT molecular complexity index is 1220. The molecule has 3 aromatic heterocycles. The highest BCUT2D eigenvalue weighted by molar-refractivity contribution is 5.79. The highest BCUT2D eigenvalue weighted by Crippen LogP contribution is 2.31. The molecule has 0 saturated carbocycles. The molecule has 3 aromatic rings. The van der Waals surface area contributed by atoms with Crippen LogP contribution in [-0.4, -0.2) is 61.5 Å². The number of hydrogen-bond donors (Lipinski definition) is 0. The Morgan fingerprint density at radius 1 is 1.21 bits per heavy atom. The maximum Gasteiger partial charge on any atom is 0.341 e. The van der Waals surface area contributed by atoms with Crippen LogP contribution >= 0.6 is 0 Å². The predicted octanol–water partition coefficient (Wildman–Crippen LogP) is 3.04. The molecule has 0 aromatic carbocycles. The zero-order chi connectivity index (χ0) is 23.1. The van der Waals surface area contributed by atoms with Gasteiger partial charge in [0.05, 0.1) is 42.8 Å². The van der Waals surface area contributed by atoms with Gasteiger partial charge in [-0.2, -0.15) is 14.5 Å². The summed E-state index contributed by atoms with van der Waals surface area (Å²) in [7, 11) is 0. The van der Waals surface area contributed by atoms with Crippen LogP contribution < -0.4 is 4.74 Å². The summed E-state index contributed by atoms with van der Waals surface area (Å²) in [6.07, 6.45) is 5.26. The number of nitrogens with zero attached hydrogens (tertiary/aromatic N) is 7. The smallest absolute Gasteiger partial charge is 0.341 e.